The molecule has 2 rings (SSSR count). The average Bonchev–Trinajstić information content (AvgIpc) is 2.40. The first-order valence-electron chi connectivity index (χ1n) is 8.68. The maximum atomic E-state index is 2.42. The van der Waals surface area contributed by atoms with Gasteiger partial charge in [0.05, 0.1) is 0 Å². The molecule has 2 aliphatic carbocycles. The Morgan fingerprint density at radius 1 is 0.579 bits per heavy atom. The Labute approximate surface area is 131 Å². The van der Waals surface area contributed by atoms with Crippen molar-refractivity contribution < 1.29 is 21.2 Å². The van der Waals surface area contributed by atoms with Crippen molar-refractivity contribution in [1.82, 2.24) is 0 Å². The van der Waals surface area contributed by atoms with Crippen molar-refractivity contribution in [3.8, 4) is 0 Å². The van der Waals surface area contributed by atoms with E-state index in [1.165, 1.54) is 7.85 Å². The van der Waals surface area contributed by atoms with Crippen LogP contribution in [0.2, 0.25) is 0 Å². The maximum absolute atomic E-state index is 2.42. The average molecular weight is 377 g/mol. The molecule has 0 N–H and O–H groups in total. The van der Waals surface area contributed by atoms with Crippen LogP contribution in [0.1, 0.15) is 79.1 Å². The summed E-state index contributed by atoms with van der Waals surface area (Å²) in [4.78, 5) is 0. The molecule has 0 saturated heterocycles. The SMILES string of the molecule is CC(C)C1CCC([I-]C2CCC(C(C)C)CC2)CC1. The van der Waals surface area contributed by atoms with Gasteiger partial charge in [-0.05, 0) is 0 Å². The molecule has 0 heterocycles. The fraction of sp³-hybridized carbons (Fsp3) is 1.00. The van der Waals surface area contributed by atoms with Crippen LogP contribution >= 0.6 is 0 Å². The van der Waals surface area contributed by atoms with Gasteiger partial charge in [0.25, 0.3) is 0 Å². The summed E-state index contributed by atoms with van der Waals surface area (Å²) in [5.41, 5.74) is 0. The molecule has 1 heteroatoms. The Morgan fingerprint density at radius 2 is 0.895 bits per heavy atom. The van der Waals surface area contributed by atoms with Crippen LogP contribution in [0, 0.1) is 23.7 Å². The van der Waals surface area contributed by atoms with Crippen molar-refractivity contribution in [3.05, 3.63) is 0 Å². The fourth-order valence-corrected chi connectivity index (χ4v) is 8.31. The third-order valence-corrected chi connectivity index (χ3v) is 10.2. The van der Waals surface area contributed by atoms with Crippen molar-refractivity contribution in [2.24, 2.45) is 23.7 Å². The van der Waals surface area contributed by atoms with E-state index in [1.807, 2.05) is 0 Å². The Hall–Kier alpha value is 0.730. The van der Waals surface area contributed by atoms with E-state index in [0.717, 1.165) is 23.7 Å². The van der Waals surface area contributed by atoms with Gasteiger partial charge in [0.15, 0.2) is 0 Å². The predicted octanol–water partition coefficient (Wildman–Crippen LogP) is 2.50. The van der Waals surface area contributed by atoms with Gasteiger partial charge in [-0.1, -0.05) is 0 Å². The third-order valence-electron chi connectivity index (χ3n) is 5.64. The number of halogens is 1. The summed E-state index contributed by atoms with van der Waals surface area (Å²) >= 11 is 0.504. The minimum atomic E-state index is 0.504. The molecule has 19 heavy (non-hydrogen) atoms. The number of alkyl halides is 2. The molecule has 114 valence electrons. The van der Waals surface area contributed by atoms with Crippen molar-refractivity contribution in [2.45, 2.75) is 86.9 Å². The first-order chi connectivity index (χ1) is 9.06. The molecule has 0 aromatic carbocycles. The standard InChI is InChI=1S/C18H34I/c1-13(2)15-5-9-17(10-6-15)19-18-11-7-16(8-12-18)14(3)4/h13-18H,5-12H2,1-4H3/q-1. The number of hydrogen-bond acceptors (Lipinski definition) is 0. The Kier molecular flexibility index (Phi) is 6.49. The molecule has 2 saturated carbocycles. The summed E-state index contributed by atoms with van der Waals surface area (Å²) in [7, 11) is 0. The van der Waals surface area contributed by atoms with Crippen LogP contribution in [0.15, 0.2) is 0 Å². The third kappa shape index (κ3) is 4.89. The van der Waals surface area contributed by atoms with E-state index in [1.54, 1.807) is 51.4 Å². The van der Waals surface area contributed by atoms with Gasteiger partial charge in [0.2, 0.25) is 0 Å². The van der Waals surface area contributed by atoms with E-state index in [9.17, 15) is 0 Å². The summed E-state index contributed by atoms with van der Waals surface area (Å²) in [6, 6.07) is 0. The predicted molar refractivity (Wildman–Crippen MR) is 81.2 cm³/mol. The zero-order valence-electron chi connectivity index (χ0n) is 13.5. The van der Waals surface area contributed by atoms with Crippen LogP contribution in [0.5, 0.6) is 0 Å². The van der Waals surface area contributed by atoms with Crippen LogP contribution < -0.4 is 21.2 Å². The molecular formula is C18H34I-. The van der Waals surface area contributed by atoms with Gasteiger partial charge in [0, 0.05) is 0 Å². The van der Waals surface area contributed by atoms with Crippen molar-refractivity contribution >= 4 is 0 Å². The fourth-order valence-electron chi connectivity index (χ4n) is 3.99. The second-order valence-electron chi connectivity index (χ2n) is 7.64. The second kappa shape index (κ2) is 7.66. The van der Waals surface area contributed by atoms with Crippen molar-refractivity contribution in [1.29, 1.82) is 0 Å². The van der Waals surface area contributed by atoms with Gasteiger partial charge in [0.1, 0.15) is 0 Å². The van der Waals surface area contributed by atoms with E-state index in [0.29, 0.717) is 21.2 Å². The molecular weight excluding hydrogens is 343 g/mol. The van der Waals surface area contributed by atoms with E-state index >= 15 is 0 Å². The first-order valence-corrected chi connectivity index (χ1v) is 11.2. The van der Waals surface area contributed by atoms with Crippen LogP contribution in [0.25, 0.3) is 0 Å². The van der Waals surface area contributed by atoms with Crippen LogP contribution in [-0.2, 0) is 0 Å². The monoisotopic (exact) mass is 377 g/mol. The molecule has 0 spiro atoms. The Bertz CT molecular complexity index is 216. The summed E-state index contributed by atoms with van der Waals surface area (Å²) in [5, 5.41) is 0. The Morgan fingerprint density at radius 3 is 1.16 bits per heavy atom. The van der Waals surface area contributed by atoms with E-state index < -0.39 is 0 Å². The molecule has 0 aromatic rings. The van der Waals surface area contributed by atoms with Gasteiger partial charge in [-0.15, -0.1) is 0 Å². The van der Waals surface area contributed by atoms with Gasteiger partial charge in [-0.3, -0.25) is 0 Å². The van der Waals surface area contributed by atoms with Crippen molar-refractivity contribution in [2.75, 3.05) is 0 Å². The quantitative estimate of drug-likeness (QED) is 0.522. The zero-order valence-corrected chi connectivity index (χ0v) is 15.7. The van der Waals surface area contributed by atoms with Gasteiger partial charge >= 0.3 is 132 Å². The van der Waals surface area contributed by atoms with Gasteiger partial charge in [-0.25, -0.2) is 0 Å². The zero-order chi connectivity index (χ0) is 13.8. The topological polar surface area (TPSA) is 0 Å². The molecule has 0 bridgehead atoms. The molecule has 2 fully saturated rings. The number of hydrogen-bond donors (Lipinski definition) is 0. The minimum absolute atomic E-state index is 0.504. The second-order valence-corrected chi connectivity index (χ2v) is 11.9. The molecule has 0 atom stereocenters. The molecule has 0 aliphatic heterocycles. The Balaban J connectivity index is 1.67. The molecule has 2 aliphatic rings. The van der Waals surface area contributed by atoms with Crippen LogP contribution in [0.3, 0.4) is 0 Å². The summed E-state index contributed by atoms with van der Waals surface area (Å²) in [6.07, 6.45) is 12.5. The summed E-state index contributed by atoms with van der Waals surface area (Å²) < 4.78 is 2.38. The molecule has 0 amide bonds. The van der Waals surface area contributed by atoms with Crippen molar-refractivity contribution in [3.63, 3.8) is 0 Å². The molecule has 0 aromatic heterocycles. The molecule has 0 radical (unpaired) electrons. The molecule has 0 nitrogen and oxygen atoms in total. The van der Waals surface area contributed by atoms with E-state index in [2.05, 4.69) is 27.7 Å². The number of rotatable bonds is 4. The summed E-state index contributed by atoms with van der Waals surface area (Å²) in [5.74, 6) is 3.97. The molecule has 0 unspecified atom stereocenters. The summed E-state index contributed by atoms with van der Waals surface area (Å²) in [6.45, 7) is 9.70. The van der Waals surface area contributed by atoms with E-state index in [4.69, 9.17) is 0 Å². The van der Waals surface area contributed by atoms with Gasteiger partial charge in [-0.2, -0.15) is 0 Å². The van der Waals surface area contributed by atoms with E-state index in [-0.39, 0.29) is 0 Å². The first kappa shape index (κ1) is 16.1. The van der Waals surface area contributed by atoms with Crippen LogP contribution in [-0.4, -0.2) is 7.85 Å². The normalized spacial score (nSPS) is 37.2. The van der Waals surface area contributed by atoms with Crippen LogP contribution in [0.4, 0.5) is 0 Å². The van der Waals surface area contributed by atoms with Gasteiger partial charge < -0.3 is 0 Å².